The van der Waals surface area contributed by atoms with Crippen molar-refractivity contribution in [2.24, 2.45) is 11.8 Å². The van der Waals surface area contributed by atoms with Crippen LogP contribution in [0, 0.1) is 11.8 Å². The molecule has 1 saturated carbocycles. The average Bonchev–Trinajstić information content (AvgIpc) is 3.53. The van der Waals surface area contributed by atoms with E-state index in [9.17, 15) is 19.2 Å². The van der Waals surface area contributed by atoms with Gasteiger partial charge in [-0.05, 0) is 48.6 Å². The van der Waals surface area contributed by atoms with Crippen molar-refractivity contribution in [3.8, 4) is 11.5 Å². The average molecular weight is 607 g/mol. The zero-order valence-corrected chi connectivity index (χ0v) is 25.3. The molecule has 2 heterocycles. The molecular weight excluding hydrogens is 568 g/mol. The third-order valence-corrected chi connectivity index (χ3v) is 9.49. The van der Waals surface area contributed by atoms with E-state index < -0.39 is 17.3 Å². The summed E-state index contributed by atoms with van der Waals surface area (Å²) in [5.74, 6) is 0.631. The minimum atomic E-state index is -0.470. The van der Waals surface area contributed by atoms with Crippen LogP contribution in [0.1, 0.15) is 36.8 Å². The summed E-state index contributed by atoms with van der Waals surface area (Å²) in [7, 11) is 3.09. The van der Waals surface area contributed by atoms with Gasteiger partial charge in [0.25, 0.3) is 0 Å². The maximum absolute atomic E-state index is 13.6. The zero-order valence-electron chi connectivity index (χ0n) is 24.5. The molecule has 2 fully saturated rings. The molecule has 2 atom stereocenters. The first-order valence-corrected chi connectivity index (χ1v) is 15.6. The molecule has 2 aromatic carbocycles. The number of benzene rings is 2. The number of hydrogen-bond acceptors (Lipinski definition) is 7. The molecule has 2 unspecified atom stereocenters. The molecule has 1 aliphatic carbocycles. The molecule has 5 amide bonds. The lowest BCUT2D eigenvalue weighted by atomic mass is 9.81. The van der Waals surface area contributed by atoms with E-state index in [1.165, 1.54) is 21.6 Å². The van der Waals surface area contributed by atoms with Gasteiger partial charge in [0.15, 0.2) is 11.5 Å². The van der Waals surface area contributed by atoms with Crippen molar-refractivity contribution in [1.82, 2.24) is 20.4 Å². The van der Waals surface area contributed by atoms with Crippen LogP contribution in [0.25, 0.3) is 0 Å². The number of amides is 5. The molecule has 2 aliphatic heterocycles. The topological polar surface area (TPSA) is 117 Å². The van der Waals surface area contributed by atoms with E-state index in [0.717, 1.165) is 24.0 Å². The number of rotatable bonds is 11. The minimum absolute atomic E-state index is 0.0486. The smallest absolute Gasteiger partial charge is 0.327 e. The lowest BCUT2D eigenvalue weighted by Gasteiger charge is -2.42. The summed E-state index contributed by atoms with van der Waals surface area (Å²) in [4.78, 5) is 55.6. The van der Waals surface area contributed by atoms with E-state index >= 15 is 0 Å². The number of ether oxygens (including phenoxy) is 2. The second-order valence-corrected chi connectivity index (χ2v) is 12.1. The van der Waals surface area contributed by atoms with Crippen molar-refractivity contribution in [2.45, 2.75) is 50.1 Å². The summed E-state index contributed by atoms with van der Waals surface area (Å²) in [6.07, 6.45) is 4.75. The van der Waals surface area contributed by atoms with Gasteiger partial charge in [-0.15, -0.1) is 11.8 Å². The van der Waals surface area contributed by atoms with Crippen LogP contribution in [-0.2, 0) is 27.5 Å². The number of nitrogens with one attached hydrogen (secondary N) is 2. The Morgan fingerprint density at radius 1 is 0.930 bits per heavy atom. The lowest BCUT2D eigenvalue weighted by molar-refractivity contribution is -0.134. The Hall–Kier alpha value is -3.99. The van der Waals surface area contributed by atoms with Crippen LogP contribution in [-0.4, -0.2) is 72.2 Å². The van der Waals surface area contributed by atoms with Gasteiger partial charge in [0.2, 0.25) is 17.7 Å². The predicted octanol–water partition coefficient (Wildman–Crippen LogP) is 3.70. The molecule has 0 radical (unpaired) electrons. The van der Waals surface area contributed by atoms with E-state index in [0.29, 0.717) is 37.4 Å². The SMILES string of the molecule is COc1cccc(CNC(=O)CN2C(=O)N(CC3CCC(C(=O)NCc4ccccc4)CC3)C(=O)C3SC=CC32)c1OC. The second-order valence-electron chi connectivity index (χ2n) is 11.1. The number of thioether (sulfide) groups is 1. The van der Waals surface area contributed by atoms with Crippen LogP contribution in [0.3, 0.4) is 0 Å². The molecule has 0 spiro atoms. The molecule has 3 aliphatic rings. The van der Waals surface area contributed by atoms with Gasteiger partial charge in [0.1, 0.15) is 11.8 Å². The third kappa shape index (κ3) is 6.98. The molecule has 228 valence electrons. The zero-order chi connectivity index (χ0) is 30.3. The Balaban J connectivity index is 1.16. The van der Waals surface area contributed by atoms with E-state index in [2.05, 4.69) is 10.6 Å². The van der Waals surface area contributed by atoms with Gasteiger partial charge in [0, 0.05) is 31.1 Å². The largest absolute Gasteiger partial charge is 0.493 e. The van der Waals surface area contributed by atoms with Crippen LogP contribution in [0.2, 0.25) is 0 Å². The van der Waals surface area contributed by atoms with Gasteiger partial charge in [-0.1, -0.05) is 48.5 Å². The fourth-order valence-electron chi connectivity index (χ4n) is 6.03. The van der Waals surface area contributed by atoms with Crippen LogP contribution in [0.15, 0.2) is 60.0 Å². The van der Waals surface area contributed by atoms with Crippen molar-refractivity contribution in [1.29, 1.82) is 0 Å². The first-order valence-electron chi connectivity index (χ1n) is 14.6. The number of methoxy groups -OCH3 is 2. The van der Waals surface area contributed by atoms with E-state index in [1.54, 1.807) is 20.3 Å². The van der Waals surface area contributed by atoms with E-state index in [-0.39, 0.29) is 42.6 Å². The summed E-state index contributed by atoms with van der Waals surface area (Å²) in [5.41, 5.74) is 1.80. The number of urea groups is 1. The van der Waals surface area contributed by atoms with Gasteiger partial charge in [-0.25, -0.2) is 4.79 Å². The maximum atomic E-state index is 13.6. The van der Waals surface area contributed by atoms with Crippen LogP contribution < -0.4 is 20.1 Å². The van der Waals surface area contributed by atoms with Crippen LogP contribution in [0.5, 0.6) is 11.5 Å². The number of para-hydroxylation sites is 1. The van der Waals surface area contributed by atoms with Gasteiger partial charge >= 0.3 is 6.03 Å². The fraction of sp³-hybridized carbons (Fsp3) is 0.438. The normalized spacial score (nSPS) is 23.1. The number of hydrogen-bond donors (Lipinski definition) is 2. The van der Waals surface area contributed by atoms with E-state index in [4.69, 9.17) is 9.47 Å². The third-order valence-electron chi connectivity index (χ3n) is 8.40. The highest BCUT2D eigenvalue weighted by Gasteiger charge is 2.48. The summed E-state index contributed by atoms with van der Waals surface area (Å²) >= 11 is 1.38. The molecule has 2 N–H and O–H groups in total. The highest BCUT2D eigenvalue weighted by atomic mass is 32.2. The standard InChI is InChI=1S/C32H38N4O6S/c1-41-26-10-6-9-24(28(26)42-2)18-33-27(37)20-35-25-15-16-43-29(25)31(39)36(32(35)40)19-22-11-13-23(14-12-22)30(38)34-17-21-7-4-3-5-8-21/h3-10,15-16,22-23,25,29H,11-14,17-20H2,1-2H3,(H,33,37)(H,34,38). The Kier molecular flexibility index (Phi) is 9.91. The molecule has 2 aromatic rings. The predicted molar refractivity (Wildman–Crippen MR) is 163 cm³/mol. The van der Waals surface area contributed by atoms with Crippen molar-refractivity contribution in [2.75, 3.05) is 27.3 Å². The quantitative estimate of drug-likeness (QED) is 0.401. The van der Waals surface area contributed by atoms with Gasteiger partial charge < -0.3 is 25.0 Å². The van der Waals surface area contributed by atoms with Crippen molar-refractivity contribution >= 4 is 35.5 Å². The molecule has 0 aromatic heterocycles. The number of imide groups is 1. The molecule has 0 bridgehead atoms. The Morgan fingerprint density at radius 3 is 2.42 bits per heavy atom. The number of carbonyl (C=O) groups is 4. The summed E-state index contributed by atoms with van der Waals surface area (Å²) in [5, 5.41) is 7.27. The first kappa shape index (κ1) is 30.5. The highest BCUT2D eigenvalue weighted by Crippen LogP contribution is 2.36. The monoisotopic (exact) mass is 606 g/mol. The van der Waals surface area contributed by atoms with Crippen LogP contribution in [0.4, 0.5) is 4.79 Å². The number of carbonyl (C=O) groups excluding carboxylic acids is 4. The molecule has 5 rings (SSSR count). The molecule has 10 nitrogen and oxygen atoms in total. The second kappa shape index (κ2) is 14.0. The number of fused-ring (bicyclic) bond motifs is 1. The Bertz CT molecular complexity index is 1360. The molecule has 43 heavy (non-hydrogen) atoms. The van der Waals surface area contributed by atoms with E-state index in [1.807, 2.05) is 53.9 Å². The first-order chi connectivity index (χ1) is 20.9. The van der Waals surface area contributed by atoms with Gasteiger partial charge in [-0.2, -0.15) is 0 Å². The van der Waals surface area contributed by atoms with Crippen molar-refractivity contribution in [3.63, 3.8) is 0 Å². The minimum Gasteiger partial charge on any atom is -0.493 e. The van der Waals surface area contributed by atoms with Crippen molar-refractivity contribution in [3.05, 3.63) is 71.1 Å². The number of nitrogens with zero attached hydrogens (tertiary/aromatic N) is 2. The summed E-state index contributed by atoms with van der Waals surface area (Å²) < 4.78 is 10.8. The Labute approximate surface area is 256 Å². The lowest BCUT2D eigenvalue weighted by Crippen LogP contribution is -2.63. The summed E-state index contributed by atoms with van der Waals surface area (Å²) in [6.45, 7) is 0.820. The van der Waals surface area contributed by atoms with Gasteiger partial charge in [0.05, 0.1) is 20.3 Å². The molecule has 11 heteroatoms. The van der Waals surface area contributed by atoms with Crippen LogP contribution >= 0.6 is 11.8 Å². The summed E-state index contributed by atoms with van der Waals surface area (Å²) in [6, 6.07) is 14.3. The molecular formula is C32H38N4O6S. The molecule has 1 saturated heterocycles. The van der Waals surface area contributed by atoms with Gasteiger partial charge in [-0.3, -0.25) is 19.3 Å². The Morgan fingerprint density at radius 2 is 1.70 bits per heavy atom. The van der Waals surface area contributed by atoms with Crippen molar-refractivity contribution < 1.29 is 28.7 Å². The fourth-order valence-corrected chi connectivity index (χ4v) is 7.09. The maximum Gasteiger partial charge on any atom is 0.327 e. The highest BCUT2D eigenvalue weighted by molar-refractivity contribution is 8.03.